The summed E-state index contributed by atoms with van der Waals surface area (Å²) < 4.78 is 0. The number of fused-ring (bicyclic) bond motifs is 2. The van der Waals surface area contributed by atoms with Crippen molar-refractivity contribution in [2.45, 2.75) is 19.4 Å². The number of nitrogens with one attached hydrogen (secondary N) is 2. The number of nitrogens with two attached hydrogens (primary N) is 1. The van der Waals surface area contributed by atoms with Crippen molar-refractivity contribution in [3.8, 4) is 11.3 Å². The van der Waals surface area contributed by atoms with E-state index in [0.29, 0.717) is 17.2 Å². The maximum Gasteiger partial charge on any atom is 0.251 e. The van der Waals surface area contributed by atoms with E-state index in [2.05, 4.69) is 31.7 Å². The van der Waals surface area contributed by atoms with Gasteiger partial charge in [-0.2, -0.15) is 9.97 Å². The Morgan fingerprint density at radius 3 is 2.66 bits per heavy atom. The van der Waals surface area contributed by atoms with E-state index in [1.807, 2.05) is 61.5 Å². The minimum absolute atomic E-state index is 0.0790. The lowest BCUT2D eigenvalue weighted by atomic mass is 9.98. The van der Waals surface area contributed by atoms with Crippen molar-refractivity contribution in [1.82, 2.24) is 15.0 Å². The molecule has 158 valence electrons. The zero-order chi connectivity index (χ0) is 22.1. The Labute approximate surface area is 184 Å². The molecule has 0 bridgehead atoms. The van der Waals surface area contributed by atoms with Crippen molar-refractivity contribution in [3.63, 3.8) is 0 Å². The van der Waals surface area contributed by atoms with Gasteiger partial charge in [0.05, 0.1) is 30.0 Å². The van der Waals surface area contributed by atoms with Gasteiger partial charge in [-0.25, -0.2) is 9.98 Å². The lowest BCUT2D eigenvalue weighted by Crippen LogP contribution is -2.15. The Kier molecular flexibility index (Phi) is 4.95. The summed E-state index contributed by atoms with van der Waals surface area (Å²) in [6.07, 6.45) is 1.41. The fourth-order valence-electron chi connectivity index (χ4n) is 3.84. The van der Waals surface area contributed by atoms with Crippen LogP contribution in [0.25, 0.3) is 22.2 Å². The van der Waals surface area contributed by atoms with Crippen LogP contribution in [0.15, 0.2) is 65.7 Å². The van der Waals surface area contributed by atoms with E-state index in [9.17, 15) is 4.79 Å². The zero-order valence-electron chi connectivity index (χ0n) is 17.4. The maximum atomic E-state index is 12.1. The number of aromatic nitrogens is 3. The van der Waals surface area contributed by atoms with Gasteiger partial charge in [0.15, 0.2) is 0 Å². The molecule has 0 saturated heterocycles. The monoisotopic (exact) mass is 423 g/mol. The molecule has 4 aromatic rings. The number of anilines is 3. The molecule has 2 aromatic heterocycles. The second-order valence-electron chi connectivity index (χ2n) is 7.58. The van der Waals surface area contributed by atoms with E-state index in [4.69, 9.17) is 10.7 Å². The Morgan fingerprint density at radius 2 is 1.81 bits per heavy atom. The number of hydrogen-bond donors (Lipinski definition) is 3. The van der Waals surface area contributed by atoms with Crippen LogP contribution in [0.5, 0.6) is 0 Å². The molecule has 3 heterocycles. The van der Waals surface area contributed by atoms with Gasteiger partial charge in [-0.3, -0.25) is 4.79 Å². The first-order chi connectivity index (χ1) is 15.6. The molecule has 0 aliphatic carbocycles. The van der Waals surface area contributed by atoms with Crippen LogP contribution in [0.4, 0.5) is 17.6 Å². The molecule has 4 N–H and O–H groups in total. The van der Waals surface area contributed by atoms with E-state index in [-0.39, 0.29) is 24.3 Å². The first-order valence-electron chi connectivity index (χ1n) is 10.3. The number of carbonyl (C=O) groups excluding carboxylic acids is 1. The van der Waals surface area contributed by atoms with Crippen LogP contribution in [-0.2, 0) is 11.2 Å². The summed E-state index contributed by atoms with van der Waals surface area (Å²) in [5.41, 5.74) is 10.4. The predicted octanol–water partition coefficient (Wildman–Crippen LogP) is 3.97. The van der Waals surface area contributed by atoms with E-state index < -0.39 is 0 Å². The number of aliphatic imine (C=N–C) groups is 1. The van der Waals surface area contributed by atoms with Gasteiger partial charge in [0.1, 0.15) is 11.6 Å². The largest absolute Gasteiger partial charge is 0.368 e. The van der Waals surface area contributed by atoms with Crippen LogP contribution in [0.1, 0.15) is 24.1 Å². The normalized spacial score (nSPS) is 13.8. The molecule has 1 aliphatic heterocycles. The second-order valence-corrected chi connectivity index (χ2v) is 7.58. The highest BCUT2D eigenvalue weighted by atomic mass is 16.1. The summed E-state index contributed by atoms with van der Waals surface area (Å²) in [4.78, 5) is 29.4. The summed E-state index contributed by atoms with van der Waals surface area (Å²) in [5, 5.41) is 7.39. The number of amides is 1. The third-order valence-electron chi connectivity index (χ3n) is 5.38. The minimum atomic E-state index is -0.280. The standard InChI is InChI=1S/C24H21N7O/c1-14(28-23-18-12-20(32)26-13-27-22(18)30-24(25)31-23)17-11-16-9-5-6-10-19(16)29-21(17)15-7-3-2-4-8-15/h2-11,13-14H,12H2,1H3,(H4,25,26,27,28,30,31,32)/t14-/m0/s1. The summed E-state index contributed by atoms with van der Waals surface area (Å²) >= 11 is 0. The Balaban J connectivity index is 1.60. The van der Waals surface area contributed by atoms with Gasteiger partial charge in [0.25, 0.3) is 5.91 Å². The smallest absolute Gasteiger partial charge is 0.251 e. The highest BCUT2D eigenvalue weighted by Gasteiger charge is 2.22. The molecule has 1 amide bonds. The third kappa shape index (κ3) is 3.74. The molecule has 0 spiro atoms. The SMILES string of the molecule is C[C@H](Nc1nc(N)nc2c1CC(=O)N=CN2)c1cc2ccccc2nc1-c1ccccc1. The van der Waals surface area contributed by atoms with Crippen molar-refractivity contribution in [2.75, 3.05) is 16.4 Å². The Hall–Kier alpha value is -4.33. The number of hydrogen-bond acceptors (Lipinski definition) is 7. The number of nitrogens with zero attached hydrogens (tertiary/aromatic N) is 4. The predicted molar refractivity (Wildman–Crippen MR) is 126 cm³/mol. The summed E-state index contributed by atoms with van der Waals surface area (Å²) in [6, 6.07) is 20.0. The molecule has 8 nitrogen and oxygen atoms in total. The van der Waals surface area contributed by atoms with Crippen LogP contribution >= 0.6 is 0 Å². The first kappa shape index (κ1) is 19.6. The number of carbonyl (C=O) groups is 1. The summed E-state index contributed by atoms with van der Waals surface area (Å²) in [7, 11) is 0. The highest BCUT2D eigenvalue weighted by molar-refractivity contribution is 5.95. The maximum absolute atomic E-state index is 12.1. The van der Waals surface area contributed by atoms with Crippen molar-refractivity contribution < 1.29 is 4.79 Å². The molecule has 2 aromatic carbocycles. The van der Waals surface area contributed by atoms with Crippen LogP contribution in [0.3, 0.4) is 0 Å². The first-order valence-corrected chi connectivity index (χ1v) is 10.3. The van der Waals surface area contributed by atoms with Gasteiger partial charge in [-0.15, -0.1) is 0 Å². The number of rotatable bonds is 4. The van der Waals surface area contributed by atoms with Gasteiger partial charge in [0, 0.05) is 22.1 Å². The van der Waals surface area contributed by atoms with E-state index >= 15 is 0 Å². The molecular weight excluding hydrogens is 402 g/mol. The van der Waals surface area contributed by atoms with Crippen LogP contribution in [-0.4, -0.2) is 27.2 Å². The highest BCUT2D eigenvalue weighted by Crippen LogP contribution is 2.33. The van der Waals surface area contributed by atoms with Gasteiger partial charge in [-0.1, -0.05) is 48.5 Å². The van der Waals surface area contributed by atoms with Gasteiger partial charge in [0.2, 0.25) is 5.95 Å². The van der Waals surface area contributed by atoms with E-state index in [1.165, 1.54) is 6.34 Å². The van der Waals surface area contributed by atoms with Crippen molar-refractivity contribution in [1.29, 1.82) is 0 Å². The van der Waals surface area contributed by atoms with Crippen molar-refractivity contribution >= 4 is 40.7 Å². The number of benzene rings is 2. The summed E-state index contributed by atoms with van der Waals surface area (Å²) in [6.45, 7) is 2.03. The van der Waals surface area contributed by atoms with Gasteiger partial charge < -0.3 is 16.4 Å². The molecule has 0 fully saturated rings. The van der Waals surface area contributed by atoms with Gasteiger partial charge in [-0.05, 0) is 19.1 Å². The second kappa shape index (κ2) is 8.07. The topological polar surface area (TPSA) is 118 Å². The number of nitrogen functional groups attached to an aromatic ring is 1. The number of pyridine rings is 1. The molecule has 1 aliphatic rings. The van der Waals surface area contributed by atoms with Crippen molar-refractivity contribution in [2.24, 2.45) is 4.99 Å². The van der Waals surface area contributed by atoms with Gasteiger partial charge >= 0.3 is 0 Å². The molecule has 8 heteroatoms. The van der Waals surface area contributed by atoms with E-state index in [1.54, 1.807) is 0 Å². The third-order valence-corrected chi connectivity index (χ3v) is 5.38. The molecule has 0 saturated carbocycles. The quantitative estimate of drug-likeness (QED) is 0.454. The summed E-state index contributed by atoms with van der Waals surface area (Å²) in [5.74, 6) is 0.798. The van der Waals surface area contributed by atoms with Crippen LogP contribution in [0, 0.1) is 0 Å². The number of para-hydroxylation sites is 1. The van der Waals surface area contributed by atoms with Crippen LogP contribution in [0.2, 0.25) is 0 Å². The van der Waals surface area contributed by atoms with Crippen LogP contribution < -0.4 is 16.4 Å². The average Bonchev–Trinajstić information content (AvgIpc) is 2.99. The average molecular weight is 423 g/mol. The molecule has 5 rings (SSSR count). The van der Waals surface area contributed by atoms with E-state index in [0.717, 1.165) is 27.7 Å². The van der Waals surface area contributed by atoms with Crippen molar-refractivity contribution in [3.05, 3.63) is 71.8 Å². The fraction of sp³-hybridized carbons (Fsp3) is 0.125. The molecule has 0 unspecified atom stereocenters. The molecule has 32 heavy (non-hydrogen) atoms. The Morgan fingerprint density at radius 1 is 1.03 bits per heavy atom. The lowest BCUT2D eigenvalue weighted by Gasteiger charge is -2.21. The minimum Gasteiger partial charge on any atom is -0.368 e. The molecule has 1 atom stereocenters. The molecular formula is C24H21N7O. The lowest BCUT2D eigenvalue weighted by molar-refractivity contribution is -0.117. The fourth-order valence-corrected chi connectivity index (χ4v) is 3.84. The zero-order valence-corrected chi connectivity index (χ0v) is 17.4. The molecule has 0 radical (unpaired) electrons. The Bertz CT molecular complexity index is 1350.